The van der Waals surface area contributed by atoms with Crippen molar-refractivity contribution in [2.45, 2.75) is 44.3 Å². The summed E-state index contributed by atoms with van der Waals surface area (Å²) in [6, 6.07) is 1.92. The first kappa shape index (κ1) is 10.7. The molecule has 0 radical (unpaired) electrons. The largest absolute Gasteiger partial charge is 0.388 e. The zero-order chi connectivity index (χ0) is 10.5. The maximum atomic E-state index is 9.86. The Hall–Kier alpha value is -0.800. The van der Waals surface area contributed by atoms with Gasteiger partial charge in [-0.1, -0.05) is 0 Å². The molecule has 3 heteroatoms. The Bertz CT molecular complexity index is 265. The van der Waals surface area contributed by atoms with Crippen LogP contribution in [-0.4, -0.2) is 22.8 Å². The first-order valence-electron chi connectivity index (χ1n) is 5.78. The molecular formula is C12H19NO2. The van der Waals surface area contributed by atoms with Crippen LogP contribution in [0.1, 0.15) is 43.8 Å². The van der Waals surface area contributed by atoms with Crippen LogP contribution in [0.15, 0.2) is 18.5 Å². The van der Waals surface area contributed by atoms with Gasteiger partial charge in [0.25, 0.3) is 0 Å². The molecule has 15 heavy (non-hydrogen) atoms. The lowest BCUT2D eigenvalue weighted by Gasteiger charge is -2.23. The summed E-state index contributed by atoms with van der Waals surface area (Å²) >= 11 is 0. The lowest BCUT2D eigenvalue weighted by molar-refractivity contribution is 0.00214. The first-order valence-corrected chi connectivity index (χ1v) is 5.78. The summed E-state index contributed by atoms with van der Waals surface area (Å²) in [5, 5.41) is 9.86. The molecule has 0 bridgehead atoms. The number of aromatic nitrogens is 1. The molecule has 1 aromatic rings. The molecule has 3 nitrogen and oxygen atoms in total. The number of ether oxygens (including phenoxy) is 1. The van der Waals surface area contributed by atoms with Crippen LogP contribution in [0, 0.1) is 0 Å². The molecule has 84 valence electrons. The summed E-state index contributed by atoms with van der Waals surface area (Å²) in [4.78, 5) is 2.96. The average Bonchev–Trinajstić information content (AvgIpc) is 2.81. The topological polar surface area (TPSA) is 45.2 Å². The zero-order valence-electron chi connectivity index (χ0n) is 8.98. The van der Waals surface area contributed by atoms with E-state index >= 15 is 0 Å². The van der Waals surface area contributed by atoms with Crippen LogP contribution in [0.5, 0.6) is 0 Å². The quantitative estimate of drug-likeness (QED) is 0.799. The van der Waals surface area contributed by atoms with Gasteiger partial charge in [-0.2, -0.15) is 0 Å². The molecule has 1 aromatic heterocycles. The Morgan fingerprint density at radius 2 is 2.47 bits per heavy atom. The van der Waals surface area contributed by atoms with Crippen LogP contribution in [0.3, 0.4) is 0 Å². The second-order valence-corrected chi connectivity index (χ2v) is 4.23. The molecule has 2 N–H and O–H groups in total. The van der Waals surface area contributed by atoms with Crippen molar-refractivity contribution in [2.24, 2.45) is 0 Å². The molecule has 1 fully saturated rings. The monoisotopic (exact) mass is 209 g/mol. The van der Waals surface area contributed by atoms with Gasteiger partial charge in [0.15, 0.2) is 0 Å². The van der Waals surface area contributed by atoms with E-state index in [1.165, 1.54) is 12.8 Å². The van der Waals surface area contributed by atoms with E-state index in [-0.39, 0.29) is 6.10 Å². The highest BCUT2D eigenvalue weighted by atomic mass is 16.5. The predicted octanol–water partition coefficient (Wildman–Crippen LogP) is 2.40. The van der Waals surface area contributed by atoms with Gasteiger partial charge < -0.3 is 14.8 Å². The molecular weight excluding hydrogens is 190 g/mol. The normalized spacial score (nSPS) is 23.9. The summed E-state index contributed by atoms with van der Waals surface area (Å²) in [5.74, 6) is 0. The van der Waals surface area contributed by atoms with Crippen molar-refractivity contribution in [2.75, 3.05) is 6.61 Å². The molecule has 1 aliphatic heterocycles. The van der Waals surface area contributed by atoms with E-state index in [4.69, 9.17) is 4.74 Å². The predicted molar refractivity (Wildman–Crippen MR) is 58.6 cm³/mol. The summed E-state index contributed by atoms with van der Waals surface area (Å²) in [5.41, 5.74) is 0.978. The third kappa shape index (κ3) is 3.08. The lowest BCUT2D eigenvalue weighted by Crippen LogP contribution is -2.19. The van der Waals surface area contributed by atoms with Crippen LogP contribution >= 0.6 is 0 Å². The van der Waals surface area contributed by atoms with Crippen LogP contribution in [0.25, 0.3) is 0 Å². The Morgan fingerprint density at radius 3 is 3.13 bits per heavy atom. The third-order valence-electron chi connectivity index (χ3n) is 3.04. The van der Waals surface area contributed by atoms with E-state index in [1.807, 2.05) is 18.5 Å². The van der Waals surface area contributed by atoms with Gasteiger partial charge in [-0.3, -0.25) is 0 Å². The molecule has 1 saturated heterocycles. The van der Waals surface area contributed by atoms with Gasteiger partial charge >= 0.3 is 0 Å². The van der Waals surface area contributed by atoms with Crippen LogP contribution in [0.4, 0.5) is 0 Å². The Kier molecular flexibility index (Phi) is 3.80. The molecule has 0 saturated carbocycles. The van der Waals surface area contributed by atoms with E-state index in [2.05, 4.69) is 4.98 Å². The molecule has 0 aromatic carbocycles. The van der Waals surface area contributed by atoms with E-state index in [9.17, 15) is 5.11 Å². The van der Waals surface area contributed by atoms with Crippen molar-refractivity contribution in [3.63, 3.8) is 0 Å². The molecule has 0 aliphatic carbocycles. The third-order valence-corrected chi connectivity index (χ3v) is 3.04. The van der Waals surface area contributed by atoms with Crippen molar-refractivity contribution in [1.29, 1.82) is 0 Å². The number of aromatic amines is 1. The minimum atomic E-state index is -0.346. The molecule has 0 spiro atoms. The van der Waals surface area contributed by atoms with Crippen molar-refractivity contribution >= 4 is 0 Å². The lowest BCUT2D eigenvalue weighted by atomic mass is 10.0. The second kappa shape index (κ2) is 5.33. The minimum absolute atomic E-state index is 0.346. The molecule has 2 atom stereocenters. The minimum Gasteiger partial charge on any atom is -0.388 e. The second-order valence-electron chi connectivity index (χ2n) is 4.23. The maximum Gasteiger partial charge on any atom is 0.0805 e. The molecule has 2 heterocycles. The molecule has 0 amide bonds. The number of nitrogens with one attached hydrogen (secondary N) is 1. The first-order chi connectivity index (χ1) is 7.36. The highest BCUT2D eigenvalue weighted by Crippen LogP contribution is 2.23. The van der Waals surface area contributed by atoms with Crippen molar-refractivity contribution in [3.05, 3.63) is 24.0 Å². The van der Waals surface area contributed by atoms with Gasteiger partial charge in [-0.15, -0.1) is 0 Å². The average molecular weight is 209 g/mol. The highest BCUT2D eigenvalue weighted by molar-refractivity contribution is 5.11. The maximum absolute atomic E-state index is 9.86. The number of aliphatic hydroxyl groups excluding tert-OH is 1. The van der Waals surface area contributed by atoms with E-state index in [0.29, 0.717) is 6.10 Å². The van der Waals surface area contributed by atoms with Crippen LogP contribution < -0.4 is 0 Å². The van der Waals surface area contributed by atoms with Gasteiger partial charge in [0.2, 0.25) is 0 Å². The van der Waals surface area contributed by atoms with Crippen LogP contribution in [0.2, 0.25) is 0 Å². The molecule has 2 unspecified atom stereocenters. The van der Waals surface area contributed by atoms with Crippen LogP contribution in [-0.2, 0) is 4.74 Å². The molecule has 2 rings (SSSR count). The van der Waals surface area contributed by atoms with E-state index < -0.39 is 0 Å². The zero-order valence-corrected chi connectivity index (χ0v) is 8.98. The fourth-order valence-corrected chi connectivity index (χ4v) is 2.09. The molecule has 1 aliphatic rings. The smallest absolute Gasteiger partial charge is 0.0805 e. The fourth-order valence-electron chi connectivity index (χ4n) is 2.09. The Balaban J connectivity index is 1.73. The number of H-pyrrole nitrogens is 1. The number of rotatable bonds is 4. The van der Waals surface area contributed by atoms with Gasteiger partial charge in [0, 0.05) is 19.0 Å². The number of hydrogen-bond donors (Lipinski definition) is 2. The van der Waals surface area contributed by atoms with Crippen molar-refractivity contribution in [3.8, 4) is 0 Å². The highest BCUT2D eigenvalue weighted by Gasteiger charge is 2.16. The fraction of sp³-hybridized carbons (Fsp3) is 0.667. The summed E-state index contributed by atoms with van der Waals surface area (Å²) in [6.45, 7) is 0.894. The van der Waals surface area contributed by atoms with Gasteiger partial charge in [0.1, 0.15) is 0 Å². The van der Waals surface area contributed by atoms with Gasteiger partial charge in [-0.05, 0) is 43.7 Å². The summed E-state index contributed by atoms with van der Waals surface area (Å²) < 4.78 is 5.63. The number of hydrogen-bond acceptors (Lipinski definition) is 2. The van der Waals surface area contributed by atoms with E-state index in [0.717, 1.165) is 31.4 Å². The summed E-state index contributed by atoms with van der Waals surface area (Å²) in [7, 11) is 0. The Labute approximate surface area is 90.5 Å². The van der Waals surface area contributed by atoms with Gasteiger partial charge in [-0.25, -0.2) is 0 Å². The van der Waals surface area contributed by atoms with Crippen molar-refractivity contribution in [1.82, 2.24) is 4.98 Å². The summed E-state index contributed by atoms with van der Waals surface area (Å²) in [6.07, 6.45) is 9.09. The van der Waals surface area contributed by atoms with Gasteiger partial charge in [0.05, 0.1) is 12.2 Å². The standard InChI is InChI=1S/C12H19NO2/c14-12(10-6-7-13-9-10)5-4-11-3-1-2-8-15-11/h6-7,9,11-14H,1-5,8H2. The van der Waals surface area contributed by atoms with E-state index in [1.54, 1.807) is 0 Å². The SMILES string of the molecule is OC(CCC1CCCCO1)c1cc[nH]c1. The number of aliphatic hydroxyl groups is 1. The Morgan fingerprint density at radius 1 is 1.53 bits per heavy atom. The van der Waals surface area contributed by atoms with Crippen molar-refractivity contribution < 1.29 is 9.84 Å².